The Morgan fingerprint density at radius 2 is 1.87 bits per heavy atom. The van der Waals surface area contributed by atoms with Gasteiger partial charge in [0.2, 0.25) is 0 Å². The van der Waals surface area contributed by atoms with Crippen molar-refractivity contribution in [2.75, 3.05) is 13.6 Å². The van der Waals surface area contributed by atoms with E-state index in [1.807, 2.05) is 0 Å². The number of phenolic OH excluding ortho intramolecular Hbond substituents is 1. The zero-order chi connectivity index (χ0) is 11.4. The van der Waals surface area contributed by atoms with Gasteiger partial charge in [-0.2, -0.15) is 0 Å². The molecule has 1 rings (SSSR count). The van der Waals surface area contributed by atoms with E-state index < -0.39 is 0 Å². The molecule has 0 aromatic heterocycles. The van der Waals surface area contributed by atoms with Crippen LogP contribution in [0.5, 0.6) is 5.75 Å². The Bertz CT molecular complexity index is 356. The maximum absolute atomic E-state index is 9.13. The van der Waals surface area contributed by atoms with Gasteiger partial charge in [0.1, 0.15) is 5.75 Å². The van der Waals surface area contributed by atoms with E-state index in [9.17, 15) is 0 Å². The third-order valence-electron chi connectivity index (χ3n) is 2.11. The van der Waals surface area contributed by atoms with E-state index in [0.29, 0.717) is 11.4 Å². The number of likely N-dealkylation sites (N-methyl/N-ethyl adjacent to an activating group) is 1. The molecule has 5 nitrogen and oxygen atoms in total. The highest BCUT2D eigenvalue weighted by atomic mass is 16.3. The summed E-state index contributed by atoms with van der Waals surface area (Å²) in [6, 6.07) is 6.55. The van der Waals surface area contributed by atoms with Crippen molar-refractivity contribution < 1.29 is 5.11 Å². The van der Waals surface area contributed by atoms with Crippen LogP contribution >= 0.6 is 0 Å². The van der Waals surface area contributed by atoms with Crippen LogP contribution in [-0.4, -0.2) is 23.7 Å². The number of aromatic hydroxyl groups is 1. The molecular weight excluding hydrogens is 192 g/mol. The molecule has 0 aliphatic heterocycles. The van der Waals surface area contributed by atoms with Crippen LogP contribution in [0.25, 0.3) is 5.70 Å². The van der Waals surface area contributed by atoms with Crippen LogP contribution in [-0.2, 0) is 0 Å². The van der Waals surface area contributed by atoms with E-state index in [1.54, 1.807) is 31.3 Å². The molecule has 82 valence electrons. The van der Waals surface area contributed by atoms with Gasteiger partial charge < -0.3 is 21.6 Å². The van der Waals surface area contributed by atoms with Crippen LogP contribution in [0, 0.1) is 0 Å². The second-order valence-electron chi connectivity index (χ2n) is 3.22. The minimum atomic E-state index is 0.196. The standard InChI is InChI=1S/C10H16N4O/c1-14(13)9(6-11)10(12)7-2-4-8(15)5-3-7/h2-5,15H,6,11-13H2,1H3/b10-9-. The maximum Gasteiger partial charge on any atom is 0.115 e. The van der Waals surface area contributed by atoms with E-state index in [-0.39, 0.29) is 12.3 Å². The third-order valence-corrected chi connectivity index (χ3v) is 2.11. The average molecular weight is 208 g/mol. The Morgan fingerprint density at radius 3 is 2.27 bits per heavy atom. The summed E-state index contributed by atoms with van der Waals surface area (Å²) in [7, 11) is 1.68. The lowest BCUT2D eigenvalue weighted by atomic mass is 10.1. The van der Waals surface area contributed by atoms with E-state index >= 15 is 0 Å². The minimum Gasteiger partial charge on any atom is -0.508 e. The molecule has 1 aromatic carbocycles. The van der Waals surface area contributed by atoms with Crippen LogP contribution in [0.3, 0.4) is 0 Å². The molecule has 0 aliphatic rings. The SMILES string of the molecule is CN(N)/C(CN)=C(\N)c1ccc(O)cc1. The van der Waals surface area contributed by atoms with Gasteiger partial charge in [0.25, 0.3) is 0 Å². The Hall–Kier alpha value is -1.72. The predicted octanol–water partition coefficient (Wildman–Crippen LogP) is -0.216. The number of rotatable bonds is 3. The van der Waals surface area contributed by atoms with E-state index in [4.69, 9.17) is 22.4 Å². The van der Waals surface area contributed by atoms with Gasteiger partial charge in [-0.3, -0.25) is 0 Å². The van der Waals surface area contributed by atoms with Crippen molar-refractivity contribution in [1.82, 2.24) is 5.01 Å². The second kappa shape index (κ2) is 4.68. The number of phenols is 1. The molecule has 0 fully saturated rings. The van der Waals surface area contributed by atoms with Crippen molar-refractivity contribution in [1.29, 1.82) is 0 Å². The topological polar surface area (TPSA) is 102 Å². The highest BCUT2D eigenvalue weighted by molar-refractivity contribution is 5.66. The molecule has 0 bridgehead atoms. The van der Waals surface area contributed by atoms with Crippen LogP contribution in [0.1, 0.15) is 5.56 Å². The average Bonchev–Trinajstić information content (AvgIpc) is 2.19. The van der Waals surface area contributed by atoms with Crippen molar-refractivity contribution in [2.24, 2.45) is 17.3 Å². The summed E-state index contributed by atoms with van der Waals surface area (Å²) in [5.74, 6) is 5.78. The number of hydrogen-bond donors (Lipinski definition) is 4. The molecule has 0 amide bonds. The molecule has 7 N–H and O–H groups in total. The predicted molar refractivity (Wildman–Crippen MR) is 60.2 cm³/mol. The van der Waals surface area contributed by atoms with Crippen molar-refractivity contribution in [3.8, 4) is 5.75 Å². The van der Waals surface area contributed by atoms with Crippen molar-refractivity contribution in [2.45, 2.75) is 0 Å². The molecule has 0 saturated carbocycles. The highest BCUT2D eigenvalue weighted by Crippen LogP contribution is 2.17. The first kappa shape index (κ1) is 11.4. The zero-order valence-electron chi connectivity index (χ0n) is 8.64. The van der Waals surface area contributed by atoms with Crippen LogP contribution in [0.2, 0.25) is 0 Å². The fourth-order valence-corrected chi connectivity index (χ4v) is 1.25. The number of benzene rings is 1. The number of nitrogens with zero attached hydrogens (tertiary/aromatic N) is 1. The Labute approximate surface area is 88.7 Å². The smallest absolute Gasteiger partial charge is 0.115 e. The molecule has 15 heavy (non-hydrogen) atoms. The van der Waals surface area contributed by atoms with Crippen LogP contribution in [0.4, 0.5) is 0 Å². The molecule has 5 heteroatoms. The van der Waals surface area contributed by atoms with E-state index in [0.717, 1.165) is 5.56 Å². The summed E-state index contributed by atoms with van der Waals surface area (Å²) in [4.78, 5) is 0. The molecule has 0 spiro atoms. The first-order valence-electron chi connectivity index (χ1n) is 4.52. The lowest BCUT2D eigenvalue weighted by Gasteiger charge is -2.18. The molecular formula is C10H16N4O. The van der Waals surface area contributed by atoms with Gasteiger partial charge in [0.15, 0.2) is 0 Å². The van der Waals surface area contributed by atoms with Crippen molar-refractivity contribution in [3.05, 3.63) is 35.5 Å². The largest absolute Gasteiger partial charge is 0.508 e. The van der Waals surface area contributed by atoms with Crippen LogP contribution < -0.4 is 17.3 Å². The lowest BCUT2D eigenvalue weighted by molar-refractivity contribution is 0.435. The van der Waals surface area contributed by atoms with Crippen LogP contribution in [0.15, 0.2) is 30.0 Å². The van der Waals surface area contributed by atoms with Gasteiger partial charge in [0, 0.05) is 13.6 Å². The number of hydrogen-bond acceptors (Lipinski definition) is 5. The summed E-state index contributed by atoms with van der Waals surface area (Å²) < 4.78 is 0. The van der Waals surface area contributed by atoms with E-state index in [2.05, 4.69) is 0 Å². The fraction of sp³-hybridized carbons (Fsp3) is 0.200. The first-order chi connectivity index (χ1) is 7.06. The minimum absolute atomic E-state index is 0.196. The summed E-state index contributed by atoms with van der Waals surface area (Å²) in [6.45, 7) is 0.264. The fourth-order valence-electron chi connectivity index (χ4n) is 1.25. The molecule has 1 aromatic rings. The molecule has 0 heterocycles. The quantitative estimate of drug-likeness (QED) is 0.406. The Balaban J connectivity index is 3.10. The van der Waals surface area contributed by atoms with Gasteiger partial charge in [0.05, 0.1) is 11.4 Å². The van der Waals surface area contributed by atoms with Gasteiger partial charge >= 0.3 is 0 Å². The summed E-state index contributed by atoms with van der Waals surface area (Å²) >= 11 is 0. The second-order valence-corrected chi connectivity index (χ2v) is 3.22. The monoisotopic (exact) mass is 208 g/mol. The normalized spacial score (nSPS) is 12.2. The van der Waals surface area contributed by atoms with Crippen molar-refractivity contribution in [3.63, 3.8) is 0 Å². The maximum atomic E-state index is 9.13. The van der Waals surface area contributed by atoms with Gasteiger partial charge in [-0.1, -0.05) is 0 Å². The first-order valence-corrected chi connectivity index (χ1v) is 4.52. The molecule has 0 atom stereocenters. The van der Waals surface area contributed by atoms with E-state index in [1.165, 1.54) is 5.01 Å². The van der Waals surface area contributed by atoms with Gasteiger partial charge in [-0.05, 0) is 29.8 Å². The highest BCUT2D eigenvalue weighted by Gasteiger charge is 2.06. The lowest BCUT2D eigenvalue weighted by Crippen LogP contribution is -2.31. The van der Waals surface area contributed by atoms with Gasteiger partial charge in [-0.15, -0.1) is 0 Å². The molecule has 0 aliphatic carbocycles. The number of nitrogens with two attached hydrogens (primary N) is 3. The Morgan fingerprint density at radius 1 is 1.33 bits per heavy atom. The molecule has 0 radical (unpaired) electrons. The summed E-state index contributed by atoms with van der Waals surface area (Å²) in [5.41, 5.74) is 13.4. The molecule has 0 saturated heterocycles. The van der Waals surface area contributed by atoms with Crippen molar-refractivity contribution >= 4 is 5.70 Å². The molecule has 0 unspecified atom stereocenters. The van der Waals surface area contributed by atoms with Gasteiger partial charge in [-0.25, -0.2) is 5.84 Å². The summed E-state index contributed by atoms with van der Waals surface area (Å²) in [5, 5.41) is 10.5. The number of hydrazine groups is 1. The Kier molecular flexibility index (Phi) is 3.54. The zero-order valence-corrected chi connectivity index (χ0v) is 8.64. The summed E-state index contributed by atoms with van der Waals surface area (Å²) in [6.07, 6.45) is 0. The third kappa shape index (κ3) is 2.61.